The first-order chi connectivity index (χ1) is 6.58. The summed E-state index contributed by atoms with van der Waals surface area (Å²) in [6, 6.07) is 5.51. The molecule has 0 fully saturated rings. The predicted octanol–water partition coefficient (Wildman–Crippen LogP) is 1.27. The highest BCUT2D eigenvalue weighted by Crippen LogP contribution is 2.14. The normalized spacial score (nSPS) is 9.14. The highest BCUT2D eigenvalue weighted by Gasteiger charge is 2.00. The van der Waals surface area contributed by atoms with Crippen molar-refractivity contribution in [1.82, 2.24) is 0 Å². The van der Waals surface area contributed by atoms with Crippen molar-refractivity contribution in [1.29, 1.82) is 0 Å². The first-order valence-electron chi connectivity index (χ1n) is 3.74. The van der Waals surface area contributed by atoms with Crippen molar-refractivity contribution in [3.63, 3.8) is 0 Å². The van der Waals surface area contributed by atoms with Gasteiger partial charge in [-0.15, -0.1) is 0 Å². The van der Waals surface area contributed by atoms with Gasteiger partial charge in [-0.05, 0) is 18.2 Å². The van der Waals surface area contributed by atoms with Crippen LogP contribution in [-0.4, -0.2) is 17.2 Å². The molecule has 0 radical (unpaired) electrons. The van der Waals surface area contributed by atoms with E-state index in [1.54, 1.807) is 18.2 Å². The highest BCUT2D eigenvalue weighted by atomic mass is 16.4. The number of carboxylic acid groups (broad SMARTS) is 1. The minimum Gasteiger partial charge on any atom is -0.465 e. The Morgan fingerprint density at radius 3 is 2.29 bits per heavy atom. The zero-order valence-electron chi connectivity index (χ0n) is 7.15. The monoisotopic (exact) mass is 195 g/mol. The van der Waals surface area contributed by atoms with Gasteiger partial charge in [0.25, 0.3) is 0 Å². The average molecular weight is 195 g/mol. The van der Waals surface area contributed by atoms with Gasteiger partial charge in [0.15, 0.2) is 0 Å². The molecule has 0 bridgehead atoms. The summed E-state index contributed by atoms with van der Waals surface area (Å²) in [4.78, 5) is 20.8. The van der Waals surface area contributed by atoms with Crippen molar-refractivity contribution in [3.05, 3.63) is 24.3 Å². The number of carbonyl (C=O) groups excluding carboxylic acids is 1. The highest BCUT2D eigenvalue weighted by molar-refractivity contribution is 5.89. The van der Waals surface area contributed by atoms with Crippen molar-refractivity contribution in [3.8, 4) is 0 Å². The summed E-state index contributed by atoms with van der Waals surface area (Å²) in [5, 5.41) is 12.9. The maximum absolute atomic E-state index is 10.5. The van der Waals surface area contributed by atoms with Crippen molar-refractivity contribution in [2.75, 3.05) is 10.6 Å². The van der Waals surface area contributed by atoms with E-state index in [0.717, 1.165) is 0 Å². The molecule has 1 aromatic rings. The maximum Gasteiger partial charge on any atom is 0.409 e. The zero-order chi connectivity index (χ0) is 10.6. The molecule has 0 heterocycles. The van der Waals surface area contributed by atoms with Crippen molar-refractivity contribution < 1.29 is 14.7 Å². The van der Waals surface area contributed by atoms with Gasteiger partial charge in [-0.1, -0.05) is 6.07 Å². The molecule has 1 aromatic carbocycles. The van der Waals surface area contributed by atoms with Crippen molar-refractivity contribution in [2.24, 2.45) is 5.73 Å². The number of nitrogens with two attached hydrogens (primary N) is 1. The minimum absolute atomic E-state index is 0.365. The summed E-state index contributed by atoms with van der Waals surface area (Å²) in [5.74, 6) is 0. The number of nitrogens with one attached hydrogen (secondary N) is 2. The van der Waals surface area contributed by atoms with Gasteiger partial charge in [0.2, 0.25) is 0 Å². The van der Waals surface area contributed by atoms with Gasteiger partial charge in [-0.25, -0.2) is 9.59 Å². The smallest absolute Gasteiger partial charge is 0.409 e. The van der Waals surface area contributed by atoms with Crippen LogP contribution < -0.4 is 16.4 Å². The van der Waals surface area contributed by atoms with Gasteiger partial charge in [0, 0.05) is 11.4 Å². The van der Waals surface area contributed by atoms with Crippen molar-refractivity contribution >= 4 is 23.5 Å². The van der Waals surface area contributed by atoms with E-state index < -0.39 is 12.1 Å². The summed E-state index contributed by atoms with van der Waals surface area (Å²) in [6.45, 7) is 0. The van der Waals surface area contributed by atoms with E-state index in [-0.39, 0.29) is 0 Å². The molecule has 14 heavy (non-hydrogen) atoms. The third-order valence-electron chi connectivity index (χ3n) is 1.38. The van der Waals surface area contributed by atoms with E-state index in [2.05, 4.69) is 10.6 Å². The third-order valence-corrected chi connectivity index (χ3v) is 1.38. The fourth-order valence-corrected chi connectivity index (χ4v) is 0.940. The Hall–Kier alpha value is -2.24. The fraction of sp³-hybridized carbons (Fsp3) is 0. The SMILES string of the molecule is NC(=O)Nc1cccc(NC(=O)O)c1. The molecule has 5 N–H and O–H groups in total. The Bertz CT molecular complexity index is 333. The second kappa shape index (κ2) is 4.13. The van der Waals surface area contributed by atoms with Crippen LogP contribution in [0.15, 0.2) is 24.3 Å². The second-order valence-electron chi connectivity index (χ2n) is 2.50. The summed E-state index contributed by atoms with van der Waals surface area (Å²) in [6.07, 6.45) is -1.17. The molecule has 0 aliphatic rings. The Morgan fingerprint density at radius 1 is 1.21 bits per heavy atom. The van der Waals surface area contributed by atoms with Gasteiger partial charge >= 0.3 is 12.1 Å². The Balaban J connectivity index is 2.78. The van der Waals surface area contributed by atoms with Crippen LogP contribution >= 0.6 is 0 Å². The Kier molecular flexibility index (Phi) is 2.90. The van der Waals surface area contributed by atoms with Gasteiger partial charge in [0.05, 0.1) is 0 Å². The number of urea groups is 1. The molecule has 0 unspecified atom stereocenters. The number of anilines is 2. The second-order valence-corrected chi connectivity index (χ2v) is 2.50. The van der Waals surface area contributed by atoms with Gasteiger partial charge < -0.3 is 16.2 Å². The van der Waals surface area contributed by atoms with E-state index in [9.17, 15) is 9.59 Å². The van der Waals surface area contributed by atoms with Crippen LogP contribution in [-0.2, 0) is 0 Å². The predicted molar refractivity (Wildman–Crippen MR) is 51.3 cm³/mol. The number of primary amides is 1. The van der Waals surface area contributed by atoms with Gasteiger partial charge in [0.1, 0.15) is 0 Å². The van der Waals surface area contributed by atoms with Gasteiger partial charge in [-0.2, -0.15) is 0 Å². The molecular formula is C8H9N3O3. The van der Waals surface area contributed by atoms with E-state index in [0.29, 0.717) is 11.4 Å². The molecule has 0 saturated carbocycles. The quantitative estimate of drug-likeness (QED) is 0.571. The molecule has 0 spiro atoms. The standard InChI is InChI=1S/C8H9N3O3/c9-7(12)10-5-2-1-3-6(4-5)11-8(13)14/h1-4,11H,(H,13,14)(H3,9,10,12). The summed E-state index contributed by atoms with van der Waals surface area (Å²) in [7, 11) is 0. The number of rotatable bonds is 2. The molecule has 74 valence electrons. The van der Waals surface area contributed by atoms with Gasteiger partial charge in [-0.3, -0.25) is 5.32 Å². The molecule has 0 saturated heterocycles. The van der Waals surface area contributed by atoms with E-state index >= 15 is 0 Å². The first kappa shape index (κ1) is 9.85. The number of hydrogen-bond donors (Lipinski definition) is 4. The molecule has 6 nitrogen and oxygen atoms in total. The lowest BCUT2D eigenvalue weighted by molar-refractivity contribution is 0.209. The molecule has 6 heteroatoms. The molecule has 3 amide bonds. The lowest BCUT2D eigenvalue weighted by Gasteiger charge is -2.04. The molecule has 1 rings (SSSR count). The lowest BCUT2D eigenvalue weighted by Crippen LogP contribution is -2.19. The Morgan fingerprint density at radius 2 is 1.79 bits per heavy atom. The van der Waals surface area contributed by atoms with Crippen molar-refractivity contribution in [2.45, 2.75) is 0 Å². The molecule has 0 atom stereocenters. The van der Waals surface area contributed by atoms with Crippen LogP contribution in [0.2, 0.25) is 0 Å². The number of benzene rings is 1. The van der Waals surface area contributed by atoms with Crippen LogP contribution in [0.1, 0.15) is 0 Å². The average Bonchev–Trinajstić information content (AvgIpc) is 2.01. The molecular weight excluding hydrogens is 186 g/mol. The summed E-state index contributed by atoms with van der Waals surface area (Å²) < 4.78 is 0. The maximum atomic E-state index is 10.5. The third kappa shape index (κ3) is 3.02. The summed E-state index contributed by atoms with van der Waals surface area (Å²) in [5.41, 5.74) is 5.69. The first-order valence-corrected chi connectivity index (χ1v) is 3.74. The van der Waals surface area contributed by atoms with Crippen LogP contribution in [0.25, 0.3) is 0 Å². The lowest BCUT2D eigenvalue weighted by atomic mass is 10.3. The molecule has 0 aliphatic heterocycles. The van der Waals surface area contributed by atoms with Crippen LogP contribution in [0.5, 0.6) is 0 Å². The zero-order valence-corrected chi connectivity index (χ0v) is 7.15. The largest absolute Gasteiger partial charge is 0.465 e. The number of carbonyl (C=O) groups is 2. The number of hydrogen-bond acceptors (Lipinski definition) is 2. The topological polar surface area (TPSA) is 104 Å². The van der Waals surface area contributed by atoms with E-state index in [1.807, 2.05) is 0 Å². The molecule has 0 aromatic heterocycles. The fourth-order valence-electron chi connectivity index (χ4n) is 0.940. The van der Waals surface area contributed by atoms with E-state index in [4.69, 9.17) is 10.8 Å². The van der Waals surface area contributed by atoms with Crippen LogP contribution in [0, 0.1) is 0 Å². The van der Waals surface area contributed by atoms with Crippen LogP contribution in [0.3, 0.4) is 0 Å². The molecule has 0 aliphatic carbocycles. The summed E-state index contributed by atoms with van der Waals surface area (Å²) >= 11 is 0. The minimum atomic E-state index is -1.17. The Labute approximate surface area is 79.7 Å². The van der Waals surface area contributed by atoms with Crippen LogP contribution in [0.4, 0.5) is 21.0 Å². The van der Waals surface area contributed by atoms with E-state index in [1.165, 1.54) is 6.07 Å². The number of amides is 3.